The molecule has 0 aromatic rings. The first-order valence-corrected chi connectivity index (χ1v) is 35.7. The summed E-state index contributed by atoms with van der Waals surface area (Å²) >= 11 is 0. The standard InChI is InChI=1S/C32H72O12Si8/c1-25(2)17-45-33-46(18-26(3)4)36-49(21-29(9)10)38-47(34-45,19-27(5)6)40-51(23-31(13)14)41-48(35-45,20-28(7)8)39-50(37-46,22-30(11)12)43-52(42-49,44-51)24-32(15)16/h25-32H,17-24H2,1-16H3. The molecule has 8 bridgehead atoms. The average Bonchev–Trinajstić information content (AvgIpc) is 2.79. The maximum atomic E-state index is 7.74. The van der Waals surface area contributed by atoms with Gasteiger partial charge >= 0.3 is 70.4 Å². The Hall–Kier alpha value is 1.26. The fraction of sp³-hybridized carbons (Fsp3) is 1.00. The molecule has 52 heavy (non-hydrogen) atoms. The van der Waals surface area contributed by atoms with Gasteiger partial charge in [-0.2, -0.15) is 0 Å². The van der Waals surface area contributed by atoms with Gasteiger partial charge < -0.3 is 49.4 Å². The van der Waals surface area contributed by atoms with Gasteiger partial charge in [-0.25, -0.2) is 0 Å². The van der Waals surface area contributed by atoms with Gasteiger partial charge in [0.15, 0.2) is 0 Å². The van der Waals surface area contributed by atoms with Crippen molar-refractivity contribution in [2.75, 3.05) is 0 Å². The van der Waals surface area contributed by atoms with E-state index >= 15 is 0 Å². The van der Waals surface area contributed by atoms with Gasteiger partial charge in [-0.15, -0.1) is 0 Å². The molecular formula is C32H72O12Si8. The molecule has 304 valence electrons. The minimum absolute atomic E-state index is 0.149. The summed E-state index contributed by atoms with van der Waals surface area (Å²) in [6, 6.07) is 4.08. The summed E-state index contributed by atoms with van der Waals surface area (Å²) in [5.74, 6) is 1.19. The first-order chi connectivity index (χ1) is 23.8. The van der Waals surface area contributed by atoms with Gasteiger partial charge in [0, 0.05) is 48.4 Å². The van der Waals surface area contributed by atoms with E-state index in [-0.39, 0.29) is 47.3 Å². The Bertz CT molecular complexity index is 895. The molecule has 0 atom stereocenters. The van der Waals surface area contributed by atoms with Gasteiger partial charge in [0.05, 0.1) is 0 Å². The van der Waals surface area contributed by atoms with Crippen molar-refractivity contribution in [3.63, 3.8) is 0 Å². The Morgan fingerprint density at radius 3 is 0.327 bits per heavy atom. The Kier molecular flexibility index (Phi) is 13.5. The molecule has 0 aromatic carbocycles. The summed E-state index contributed by atoms with van der Waals surface area (Å²) in [5.41, 5.74) is 0. The highest BCUT2D eigenvalue weighted by molar-refractivity contribution is 7.03. The predicted molar refractivity (Wildman–Crippen MR) is 216 cm³/mol. The van der Waals surface area contributed by atoms with Gasteiger partial charge in [0.1, 0.15) is 0 Å². The SMILES string of the molecule is CC(C)C[Si]12O[Si]3(CC(C)C)O[Si]4(CC(C)C)O[Si](CC(C)C)(O1)O[Si]1(CC(C)C)O[Si](CC(C)C)(O2)O[Si](CC(C)C)(O3)O[Si](CC(C)C)(O4)O1. The molecule has 0 saturated carbocycles. The van der Waals surface area contributed by atoms with Crippen LogP contribution in [-0.2, 0) is 49.4 Å². The van der Waals surface area contributed by atoms with Crippen LogP contribution >= 0.6 is 0 Å². The Balaban J connectivity index is 1.97. The zero-order valence-electron chi connectivity index (χ0n) is 35.2. The van der Waals surface area contributed by atoms with Crippen molar-refractivity contribution in [2.24, 2.45) is 47.3 Å². The van der Waals surface area contributed by atoms with Crippen LogP contribution in [0.4, 0.5) is 0 Å². The van der Waals surface area contributed by atoms with Crippen molar-refractivity contribution in [3.8, 4) is 0 Å². The van der Waals surface area contributed by atoms with Crippen molar-refractivity contribution in [2.45, 2.75) is 159 Å². The molecule has 0 spiro atoms. The molecule has 6 heterocycles. The van der Waals surface area contributed by atoms with Crippen LogP contribution in [0.5, 0.6) is 0 Å². The summed E-state index contributed by atoms with van der Waals surface area (Å²) in [6.07, 6.45) is 0. The topological polar surface area (TPSA) is 111 Å². The number of hydrogen-bond donors (Lipinski definition) is 0. The zero-order valence-corrected chi connectivity index (χ0v) is 43.2. The van der Waals surface area contributed by atoms with Gasteiger partial charge in [-0.3, -0.25) is 0 Å². The molecule has 0 aliphatic carbocycles. The molecule has 6 aliphatic heterocycles. The first-order valence-electron chi connectivity index (χ1n) is 20.2. The maximum absolute atomic E-state index is 7.74. The molecule has 0 N–H and O–H groups in total. The van der Waals surface area contributed by atoms with E-state index in [0.29, 0.717) is 48.4 Å². The average molecular weight is 874 g/mol. The number of hydrogen-bond acceptors (Lipinski definition) is 12. The third kappa shape index (κ3) is 10.1. The van der Waals surface area contributed by atoms with Crippen LogP contribution in [0, 0.1) is 47.3 Å². The smallest absolute Gasteiger partial charge is 0.373 e. The summed E-state index contributed by atoms with van der Waals surface area (Å²) in [5, 5.41) is 0. The lowest BCUT2D eigenvalue weighted by molar-refractivity contribution is -0.0345. The lowest BCUT2D eigenvalue weighted by atomic mass is 10.3. The van der Waals surface area contributed by atoms with Crippen molar-refractivity contribution >= 4 is 70.4 Å². The Morgan fingerprint density at radius 2 is 0.269 bits per heavy atom. The molecule has 0 radical (unpaired) electrons. The lowest BCUT2D eigenvalue weighted by Crippen LogP contribution is -2.88. The normalized spacial score (nSPS) is 42.0. The van der Waals surface area contributed by atoms with E-state index in [1.165, 1.54) is 0 Å². The van der Waals surface area contributed by atoms with E-state index in [1.807, 2.05) is 0 Å². The fourth-order valence-corrected chi connectivity index (χ4v) is 60.1. The van der Waals surface area contributed by atoms with E-state index in [4.69, 9.17) is 49.4 Å². The highest BCUT2D eigenvalue weighted by atomic mass is 28.6. The van der Waals surface area contributed by atoms with Crippen molar-refractivity contribution in [1.29, 1.82) is 0 Å². The second kappa shape index (κ2) is 15.8. The quantitative estimate of drug-likeness (QED) is 0.138. The van der Waals surface area contributed by atoms with E-state index < -0.39 is 70.4 Å². The van der Waals surface area contributed by atoms with E-state index in [1.54, 1.807) is 0 Å². The molecule has 20 heteroatoms. The molecule has 6 fully saturated rings. The molecule has 6 rings (SSSR count). The summed E-state index contributed by atoms with van der Waals surface area (Å²) < 4.78 is 92.9. The Labute approximate surface area is 324 Å². The lowest BCUT2D eigenvalue weighted by Gasteiger charge is -2.64. The van der Waals surface area contributed by atoms with E-state index in [2.05, 4.69) is 111 Å². The fourth-order valence-electron chi connectivity index (χ4n) is 8.34. The van der Waals surface area contributed by atoms with Crippen LogP contribution < -0.4 is 0 Å². The van der Waals surface area contributed by atoms with Crippen LogP contribution in [-0.4, -0.2) is 70.4 Å². The molecular weight excluding hydrogens is 801 g/mol. The second-order valence-corrected chi connectivity index (χ2v) is 43.5. The first kappa shape index (κ1) is 44.4. The van der Waals surface area contributed by atoms with E-state index in [0.717, 1.165) is 0 Å². The molecule has 12 nitrogen and oxygen atoms in total. The monoisotopic (exact) mass is 872 g/mol. The molecule has 6 saturated heterocycles. The van der Waals surface area contributed by atoms with Crippen molar-refractivity contribution < 1.29 is 49.4 Å². The third-order valence-electron chi connectivity index (χ3n) is 9.00. The zero-order chi connectivity index (χ0) is 38.8. The second-order valence-electron chi connectivity index (χ2n) is 19.5. The molecule has 0 amide bonds. The van der Waals surface area contributed by atoms with Crippen LogP contribution in [0.2, 0.25) is 48.4 Å². The maximum Gasteiger partial charge on any atom is 0.479 e. The van der Waals surface area contributed by atoms with Crippen LogP contribution in [0.1, 0.15) is 111 Å². The summed E-state index contributed by atoms with van der Waals surface area (Å²) in [6.45, 7) is 34.8. The van der Waals surface area contributed by atoms with Crippen LogP contribution in [0.3, 0.4) is 0 Å². The summed E-state index contributed by atoms with van der Waals surface area (Å²) in [4.78, 5) is 0. The molecule has 0 aromatic heterocycles. The van der Waals surface area contributed by atoms with Gasteiger partial charge in [0.2, 0.25) is 0 Å². The van der Waals surface area contributed by atoms with E-state index in [9.17, 15) is 0 Å². The summed E-state index contributed by atoms with van der Waals surface area (Å²) in [7, 11) is -30.8. The molecule has 0 unspecified atom stereocenters. The number of rotatable bonds is 16. The largest absolute Gasteiger partial charge is 0.479 e. The highest BCUT2D eigenvalue weighted by Gasteiger charge is 2.83. The highest BCUT2D eigenvalue weighted by Crippen LogP contribution is 2.56. The van der Waals surface area contributed by atoms with Crippen LogP contribution in [0.25, 0.3) is 0 Å². The van der Waals surface area contributed by atoms with Crippen molar-refractivity contribution in [1.82, 2.24) is 0 Å². The third-order valence-corrected chi connectivity index (χ3v) is 49.4. The van der Waals surface area contributed by atoms with Crippen LogP contribution in [0.15, 0.2) is 0 Å². The minimum Gasteiger partial charge on any atom is -0.373 e. The van der Waals surface area contributed by atoms with Crippen molar-refractivity contribution in [3.05, 3.63) is 0 Å². The predicted octanol–water partition coefficient (Wildman–Crippen LogP) is 9.01. The Morgan fingerprint density at radius 1 is 0.192 bits per heavy atom. The molecule has 6 aliphatic rings. The van der Waals surface area contributed by atoms with Gasteiger partial charge in [-0.05, 0) is 47.3 Å². The van der Waals surface area contributed by atoms with Gasteiger partial charge in [0.25, 0.3) is 0 Å². The minimum atomic E-state index is -3.85. The van der Waals surface area contributed by atoms with Gasteiger partial charge in [-0.1, -0.05) is 111 Å².